The van der Waals surface area contributed by atoms with E-state index in [9.17, 15) is 9.59 Å². The standard InChI is InChI=1S/C18H29N3O4/c1-5-8-24-16-10-13(17(22)19-11(2)3)6-7-14(16)20-18(23)15-9-12(4)25-21-15/h9,11,13-14,16H,5-8,10H2,1-4H3,(H,19,22)(H,20,23)/t13-,14-,16-/m0/s1. The van der Waals surface area contributed by atoms with Crippen molar-refractivity contribution in [2.45, 2.75) is 71.6 Å². The quantitative estimate of drug-likeness (QED) is 0.785. The van der Waals surface area contributed by atoms with Crippen molar-refractivity contribution in [3.8, 4) is 0 Å². The summed E-state index contributed by atoms with van der Waals surface area (Å²) in [6.07, 6.45) is 2.76. The number of nitrogens with zero attached hydrogens (tertiary/aromatic N) is 1. The van der Waals surface area contributed by atoms with Gasteiger partial charge in [0, 0.05) is 24.6 Å². The van der Waals surface area contributed by atoms with Crippen molar-refractivity contribution in [2.24, 2.45) is 5.92 Å². The van der Waals surface area contributed by atoms with E-state index < -0.39 is 0 Å². The molecule has 140 valence electrons. The second-order valence-corrected chi connectivity index (χ2v) is 6.99. The number of nitrogens with one attached hydrogen (secondary N) is 2. The van der Waals surface area contributed by atoms with Crippen LogP contribution in [0.3, 0.4) is 0 Å². The molecule has 2 amide bonds. The first-order valence-corrected chi connectivity index (χ1v) is 9.06. The lowest BCUT2D eigenvalue weighted by Crippen LogP contribution is -2.50. The van der Waals surface area contributed by atoms with Crippen molar-refractivity contribution in [3.63, 3.8) is 0 Å². The third kappa shape index (κ3) is 5.56. The zero-order valence-corrected chi connectivity index (χ0v) is 15.5. The van der Waals surface area contributed by atoms with E-state index in [4.69, 9.17) is 9.26 Å². The maximum Gasteiger partial charge on any atom is 0.273 e. The Morgan fingerprint density at radius 2 is 2.16 bits per heavy atom. The minimum Gasteiger partial charge on any atom is -0.376 e. The fourth-order valence-electron chi connectivity index (χ4n) is 3.10. The summed E-state index contributed by atoms with van der Waals surface area (Å²) in [5.74, 6) is 0.318. The summed E-state index contributed by atoms with van der Waals surface area (Å²) in [6, 6.07) is 1.60. The van der Waals surface area contributed by atoms with Crippen molar-refractivity contribution >= 4 is 11.8 Å². The number of rotatable bonds is 7. The minimum atomic E-state index is -0.267. The van der Waals surface area contributed by atoms with Gasteiger partial charge in [-0.15, -0.1) is 0 Å². The van der Waals surface area contributed by atoms with E-state index in [1.807, 2.05) is 20.8 Å². The molecule has 25 heavy (non-hydrogen) atoms. The van der Waals surface area contributed by atoms with Gasteiger partial charge in [0.15, 0.2) is 5.69 Å². The molecule has 0 aromatic carbocycles. The van der Waals surface area contributed by atoms with E-state index in [2.05, 4.69) is 15.8 Å². The molecule has 7 nitrogen and oxygen atoms in total. The minimum absolute atomic E-state index is 0.0667. The van der Waals surface area contributed by atoms with Gasteiger partial charge >= 0.3 is 0 Å². The predicted molar refractivity (Wildman–Crippen MR) is 93.1 cm³/mol. The SMILES string of the molecule is CCCO[C@H]1C[C@@H](C(=O)NC(C)C)CC[C@@H]1NC(=O)c1cc(C)on1. The Morgan fingerprint density at radius 3 is 2.76 bits per heavy atom. The van der Waals surface area contributed by atoms with Gasteiger partial charge < -0.3 is 19.9 Å². The molecule has 2 N–H and O–H groups in total. The molecule has 1 aliphatic rings. The molecule has 0 radical (unpaired) electrons. The van der Waals surface area contributed by atoms with Crippen LogP contribution in [0.1, 0.15) is 62.7 Å². The molecule has 1 aromatic heterocycles. The summed E-state index contributed by atoms with van der Waals surface area (Å²) in [4.78, 5) is 24.6. The molecule has 0 spiro atoms. The van der Waals surface area contributed by atoms with Crippen molar-refractivity contribution in [1.29, 1.82) is 0 Å². The average molecular weight is 351 g/mol. The topological polar surface area (TPSA) is 93.5 Å². The Labute approximate surface area is 148 Å². The highest BCUT2D eigenvalue weighted by atomic mass is 16.5. The Bertz CT molecular complexity index is 585. The first-order chi connectivity index (χ1) is 11.9. The molecule has 1 heterocycles. The number of amides is 2. The van der Waals surface area contributed by atoms with Crippen LogP contribution in [0.15, 0.2) is 10.6 Å². The van der Waals surface area contributed by atoms with Gasteiger partial charge in [-0.05, 0) is 46.5 Å². The maximum atomic E-state index is 12.3. The second-order valence-electron chi connectivity index (χ2n) is 6.99. The lowest BCUT2D eigenvalue weighted by Gasteiger charge is -2.36. The van der Waals surface area contributed by atoms with Crippen LogP contribution < -0.4 is 10.6 Å². The number of hydrogen-bond acceptors (Lipinski definition) is 5. The highest BCUT2D eigenvalue weighted by Gasteiger charge is 2.35. The van der Waals surface area contributed by atoms with Crippen LogP contribution in [0.4, 0.5) is 0 Å². The summed E-state index contributed by atoms with van der Waals surface area (Å²) in [6.45, 7) is 8.30. The molecule has 0 aliphatic heterocycles. The Morgan fingerprint density at radius 1 is 1.40 bits per heavy atom. The normalized spacial score (nSPS) is 23.5. The molecule has 1 aromatic rings. The van der Waals surface area contributed by atoms with E-state index in [1.165, 1.54) is 0 Å². The number of aryl methyl sites for hydroxylation is 1. The van der Waals surface area contributed by atoms with Crippen LogP contribution >= 0.6 is 0 Å². The molecular formula is C18H29N3O4. The van der Waals surface area contributed by atoms with Crippen molar-refractivity contribution in [1.82, 2.24) is 15.8 Å². The monoisotopic (exact) mass is 351 g/mol. The summed E-state index contributed by atoms with van der Waals surface area (Å²) in [5, 5.41) is 9.71. The number of hydrogen-bond donors (Lipinski definition) is 2. The highest BCUT2D eigenvalue weighted by molar-refractivity contribution is 5.92. The fraction of sp³-hybridized carbons (Fsp3) is 0.722. The van der Waals surface area contributed by atoms with Crippen LogP contribution in [0.5, 0.6) is 0 Å². The highest BCUT2D eigenvalue weighted by Crippen LogP contribution is 2.27. The van der Waals surface area contributed by atoms with E-state index in [1.54, 1.807) is 13.0 Å². The number of carbonyl (C=O) groups is 2. The second kappa shape index (κ2) is 8.99. The number of ether oxygens (including phenoxy) is 1. The fourth-order valence-corrected chi connectivity index (χ4v) is 3.10. The maximum absolute atomic E-state index is 12.3. The third-order valence-electron chi connectivity index (χ3n) is 4.31. The van der Waals surface area contributed by atoms with E-state index >= 15 is 0 Å². The van der Waals surface area contributed by atoms with Crippen LogP contribution in [0.25, 0.3) is 0 Å². The largest absolute Gasteiger partial charge is 0.376 e. The van der Waals surface area contributed by atoms with Gasteiger partial charge in [0.05, 0.1) is 12.1 Å². The van der Waals surface area contributed by atoms with Gasteiger partial charge in [0.25, 0.3) is 5.91 Å². The molecule has 0 unspecified atom stereocenters. The number of carbonyl (C=O) groups excluding carboxylic acids is 2. The Kier molecular flexibility index (Phi) is 6.99. The first kappa shape index (κ1) is 19.4. The number of aromatic nitrogens is 1. The molecule has 3 atom stereocenters. The molecule has 1 saturated carbocycles. The summed E-state index contributed by atoms with van der Waals surface area (Å²) in [7, 11) is 0. The van der Waals surface area contributed by atoms with E-state index in [-0.39, 0.29) is 41.6 Å². The van der Waals surface area contributed by atoms with Crippen molar-refractivity contribution in [2.75, 3.05) is 6.61 Å². The smallest absolute Gasteiger partial charge is 0.273 e. The molecule has 0 saturated heterocycles. The molecule has 7 heteroatoms. The van der Waals surface area contributed by atoms with Gasteiger partial charge in [-0.25, -0.2) is 0 Å². The zero-order valence-electron chi connectivity index (χ0n) is 15.5. The summed E-state index contributed by atoms with van der Waals surface area (Å²) < 4.78 is 10.9. The predicted octanol–water partition coefficient (Wildman–Crippen LogP) is 2.20. The molecule has 0 bridgehead atoms. The van der Waals surface area contributed by atoms with Gasteiger partial charge in [-0.1, -0.05) is 12.1 Å². The molecular weight excluding hydrogens is 322 g/mol. The first-order valence-electron chi connectivity index (χ1n) is 9.06. The Balaban J connectivity index is 1.99. The molecule has 1 aliphatic carbocycles. The summed E-state index contributed by atoms with van der Waals surface area (Å²) >= 11 is 0. The molecule has 2 rings (SSSR count). The van der Waals surface area contributed by atoms with Crippen LogP contribution in [-0.2, 0) is 9.53 Å². The van der Waals surface area contributed by atoms with E-state index in [0.29, 0.717) is 25.2 Å². The lowest BCUT2D eigenvalue weighted by atomic mass is 9.83. The molecule has 1 fully saturated rings. The van der Waals surface area contributed by atoms with Crippen LogP contribution in [-0.4, -0.2) is 41.8 Å². The summed E-state index contributed by atoms with van der Waals surface area (Å²) in [5.41, 5.74) is 0.270. The lowest BCUT2D eigenvalue weighted by molar-refractivity contribution is -0.129. The van der Waals surface area contributed by atoms with Gasteiger partial charge in [-0.2, -0.15) is 0 Å². The third-order valence-corrected chi connectivity index (χ3v) is 4.31. The Hall–Kier alpha value is -1.89. The van der Waals surface area contributed by atoms with E-state index in [0.717, 1.165) is 12.8 Å². The average Bonchev–Trinajstić information content (AvgIpc) is 2.99. The van der Waals surface area contributed by atoms with Crippen LogP contribution in [0.2, 0.25) is 0 Å². The van der Waals surface area contributed by atoms with Crippen LogP contribution in [0, 0.1) is 12.8 Å². The van der Waals surface area contributed by atoms with Crippen molar-refractivity contribution in [3.05, 3.63) is 17.5 Å². The zero-order chi connectivity index (χ0) is 18.4. The van der Waals surface area contributed by atoms with Crippen molar-refractivity contribution < 1.29 is 18.8 Å². The van der Waals surface area contributed by atoms with Gasteiger partial charge in [-0.3, -0.25) is 9.59 Å². The van der Waals surface area contributed by atoms with Gasteiger partial charge in [0.1, 0.15) is 5.76 Å². The van der Waals surface area contributed by atoms with Gasteiger partial charge in [0.2, 0.25) is 5.91 Å².